The highest BCUT2D eigenvalue weighted by Crippen LogP contribution is 2.30. The number of aliphatic hydroxyl groups is 1. The van der Waals surface area contributed by atoms with Crippen LogP contribution >= 0.6 is 0 Å². The van der Waals surface area contributed by atoms with Crippen molar-refractivity contribution in [3.05, 3.63) is 42.9 Å². The zero-order chi connectivity index (χ0) is 21.4. The number of hydrogen-bond donors (Lipinski definition) is 2. The van der Waals surface area contributed by atoms with Crippen LogP contribution in [-0.2, 0) is 4.74 Å². The van der Waals surface area contributed by atoms with Crippen molar-refractivity contribution in [1.82, 2.24) is 24.3 Å². The molecule has 1 saturated carbocycles. The zero-order valence-electron chi connectivity index (χ0n) is 17.0. The van der Waals surface area contributed by atoms with Gasteiger partial charge in [0.2, 0.25) is 5.65 Å². The van der Waals surface area contributed by atoms with E-state index in [4.69, 9.17) is 9.84 Å². The summed E-state index contributed by atoms with van der Waals surface area (Å²) in [6.07, 6.45) is 12.6. The van der Waals surface area contributed by atoms with Gasteiger partial charge < -0.3 is 19.2 Å². The maximum Gasteiger partial charge on any atom is 0.434 e. The van der Waals surface area contributed by atoms with Crippen molar-refractivity contribution in [2.75, 3.05) is 13.2 Å². The van der Waals surface area contributed by atoms with E-state index >= 15 is 0 Å². The van der Waals surface area contributed by atoms with Crippen molar-refractivity contribution >= 4 is 29.3 Å². The number of halogens is 1. The molecular formula is C22H24FN6O2+. The second kappa shape index (κ2) is 8.16. The summed E-state index contributed by atoms with van der Waals surface area (Å²) in [5, 5.41) is 9.73. The number of aliphatic hydroxyl groups excluding tert-OH is 1. The zero-order valence-corrected chi connectivity index (χ0v) is 17.0. The highest BCUT2D eigenvalue weighted by atomic mass is 19.1. The number of H-pyrrole nitrogens is 1. The highest BCUT2D eigenvalue weighted by molar-refractivity contribution is 5.93. The molecule has 0 spiro atoms. The molecule has 160 valence electrons. The van der Waals surface area contributed by atoms with E-state index in [2.05, 4.69) is 26.7 Å². The summed E-state index contributed by atoms with van der Waals surface area (Å²) >= 11 is 0. The van der Waals surface area contributed by atoms with Gasteiger partial charge in [0, 0.05) is 42.6 Å². The first-order chi connectivity index (χ1) is 15.1. The molecule has 0 radical (unpaired) electrons. The number of ether oxygens (including phenoxy) is 1. The fourth-order valence-electron chi connectivity index (χ4n) is 4.32. The molecule has 4 aromatic heterocycles. The van der Waals surface area contributed by atoms with Crippen LogP contribution in [0, 0.1) is 5.82 Å². The highest BCUT2D eigenvalue weighted by Gasteiger charge is 2.28. The normalized spacial score (nSPS) is 19.3. The molecule has 9 heteroatoms. The third-order valence-corrected chi connectivity index (χ3v) is 5.96. The minimum absolute atomic E-state index is 0.0518. The Morgan fingerprint density at radius 1 is 1.29 bits per heavy atom. The summed E-state index contributed by atoms with van der Waals surface area (Å²) in [6, 6.07) is 1.71. The Hall–Kier alpha value is -3.17. The van der Waals surface area contributed by atoms with Crippen LogP contribution in [0.25, 0.3) is 27.8 Å². The summed E-state index contributed by atoms with van der Waals surface area (Å²) in [4.78, 5) is 16.4. The molecule has 4 aromatic rings. The Bertz CT molecular complexity index is 1240. The predicted octanol–water partition coefficient (Wildman–Crippen LogP) is 3.08. The van der Waals surface area contributed by atoms with Gasteiger partial charge in [-0.3, -0.25) is 0 Å². The van der Waals surface area contributed by atoms with Crippen molar-refractivity contribution in [1.29, 1.82) is 0 Å². The largest absolute Gasteiger partial charge is 0.434 e. The number of hydrogen-bond acceptors (Lipinski definition) is 5. The van der Waals surface area contributed by atoms with Gasteiger partial charge in [0.1, 0.15) is 6.20 Å². The van der Waals surface area contributed by atoms with Gasteiger partial charge in [0.15, 0.2) is 11.5 Å². The number of fused-ring (bicyclic) bond motifs is 2. The van der Waals surface area contributed by atoms with Gasteiger partial charge in [-0.15, -0.1) is 0 Å². The summed E-state index contributed by atoms with van der Waals surface area (Å²) in [6.45, 7) is 4.62. The average molecular weight is 423 g/mol. The lowest BCUT2D eigenvalue weighted by molar-refractivity contribution is -0.489. The van der Waals surface area contributed by atoms with Crippen LogP contribution in [0.1, 0.15) is 25.7 Å². The molecule has 0 amide bonds. The van der Waals surface area contributed by atoms with E-state index < -0.39 is 0 Å². The Morgan fingerprint density at radius 2 is 2.13 bits per heavy atom. The number of aromatic amines is 1. The summed E-state index contributed by atoms with van der Waals surface area (Å²) in [5.74, 6) is 0.175. The number of pyridine rings is 1. The van der Waals surface area contributed by atoms with Crippen LogP contribution in [-0.4, -0.2) is 66.1 Å². The van der Waals surface area contributed by atoms with Gasteiger partial charge in [-0.2, -0.15) is 0 Å². The van der Waals surface area contributed by atoms with Crippen LogP contribution in [0.4, 0.5) is 10.3 Å². The van der Waals surface area contributed by atoms with Gasteiger partial charge in [0.25, 0.3) is 0 Å². The lowest BCUT2D eigenvalue weighted by Crippen LogP contribution is -2.31. The lowest BCUT2D eigenvalue weighted by Gasteiger charge is -2.27. The van der Waals surface area contributed by atoms with Crippen molar-refractivity contribution in [3.8, 4) is 11.1 Å². The van der Waals surface area contributed by atoms with E-state index in [0.717, 1.165) is 42.2 Å². The molecule has 0 saturated heterocycles. The van der Waals surface area contributed by atoms with Gasteiger partial charge in [-0.1, -0.05) is 4.98 Å². The fourth-order valence-corrected chi connectivity index (χ4v) is 4.32. The summed E-state index contributed by atoms with van der Waals surface area (Å²) in [7, 11) is 0. The molecule has 1 fully saturated rings. The first-order valence-corrected chi connectivity index (χ1v) is 10.4. The van der Waals surface area contributed by atoms with Crippen LogP contribution in [0.3, 0.4) is 0 Å². The van der Waals surface area contributed by atoms with Crippen molar-refractivity contribution in [2.24, 2.45) is 0 Å². The second-order valence-corrected chi connectivity index (χ2v) is 7.86. The van der Waals surface area contributed by atoms with Gasteiger partial charge >= 0.3 is 5.95 Å². The molecular weight excluding hydrogens is 399 g/mol. The SMILES string of the molecule is C=[N+](c1ncc2c(-c3cc(F)c4nccn4c3)c[nH]c2n1)C1CCC(OCCO)CC1. The maximum absolute atomic E-state index is 14.4. The molecule has 31 heavy (non-hydrogen) atoms. The quantitative estimate of drug-likeness (QED) is 0.367. The molecule has 0 atom stereocenters. The lowest BCUT2D eigenvalue weighted by atomic mass is 9.92. The van der Waals surface area contributed by atoms with E-state index in [-0.39, 0.29) is 24.6 Å². The average Bonchev–Trinajstić information content (AvgIpc) is 3.44. The predicted molar refractivity (Wildman–Crippen MR) is 114 cm³/mol. The second-order valence-electron chi connectivity index (χ2n) is 7.86. The molecule has 0 aromatic carbocycles. The molecule has 0 bridgehead atoms. The van der Waals surface area contributed by atoms with Crippen molar-refractivity contribution in [2.45, 2.75) is 37.8 Å². The topological polar surface area (TPSA) is 91.3 Å². The van der Waals surface area contributed by atoms with E-state index in [1.54, 1.807) is 23.0 Å². The molecule has 1 aliphatic rings. The van der Waals surface area contributed by atoms with Crippen LogP contribution < -0.4 is 0 Å². The molecule has 4 heterocycles. The van der Waals surface area contributed by atoms with Crippen molar-refractivity contribution < 1.29 is 18.8 Å². The third-order valence-electron chi connectivity index (χ3n) is 5.96. The summed E-state index contributed by atoms with van der Waals surface area (Å²) < 4.78 is 23.6. The van der Waals surface area contributed by atoms with E-state index in [9.17, 15) is 4.39 Å². The van der Waals surface area contributed by atoms with Crippen LogP contribution in [0.15, 0.2) is 37.1 Å². The van der Waals surface area contributed by atoms with E-state index in [1.165, 1.54) is 6.07 Å². The van der Waals surface area contributed by atoms with E-state index in [0.29, 0.717) is 23.8 Å². The Labute approximate surface area is 178 Å². The molecule has 8 nitrogen and oxygen atoms in total. The minimum atomic E-state index is -0.378. The van der Waals surface area contributed by atoms with Gasteiger partial charge in [-0.05, 0) is 36.7 Å². The number of nitrogens with zero attached hydrogens (tertiary/aromatic N) is 5. The Kier molecular flexibility index (Phi) is 5.21. The fraction of sp³-hybridized carbons (Fsp3) is 0.364. The Balaban J connectivity index is 1.37. The monoisotopic (exact) mass is 423 g/mol. The maximum atomic E-state index is 14.4. The van der Waals surface area contributed by atoms with Crippen LogP contribution in [0.5, 0.6) is 0 Å². The van der Waals surface area contributed by atoms with Crippen LogP contribution in [0.2, 0.25) is 0 Å². The van der Waals surface area contributed by atoms with E-state index in [1.807, 2.05) is 17.0 Å². The first-order valence-electron chi connectivity index (χ1n) is 10.4. The summed E-state index contributed by atoms with van der Waals surface area (Å²) in [5.41, 5.74) is 2.53. The number of aromatic nitrogens is 5. The molecule has 0 aliphatic heterocycles. The smallest absolute Gasteiger partial charge is 0.394 e. The number of nitrogens with one attached hydrogen (secondary N) is 1. The third kappa shape index (κ3) is 3.70. The standard InChI is InChI=1S/C22H24FN6O2/c1-28(15-2-4-16(5-3-15)31-9-8-30)22-26-12-18-17(11-25-20(18)27-22)14-10-19(23)21-24-6-7-29(21)13-14/h6-7,10-13,15-16,30H,1-5,8-9H2,(H,25,26,27)/q+1. The molecule has 2 N–H and O–H groups in total. The number of imidazole rings is 1. The van der Waals surface area contributed by atoms with Gasteiger partial charge in [0.05, 0.1) is 30.7 Å². The van der Waals surface area contributed by atoms with Crippen molar-refractivity contribution in [3.63, 3.8) is 0 Å². The molecule has 5 rings (SSSR count). The van der Waals surface area contributed by atoms with Gasteiger partial charge in [-0.25, -0.2) is 13.9 Å². The molecule has 1 aliphatic carbocycles. The minimum Gasteiger partial charge on any atom is -0.394 e. The number of rotatable bonds is 6. The Morgan fingerprint density at radius 3 is 2.94 bits per heavy atom. The molecule has 0 unspecified atom stereocenters. The first kappa shape index (κ1) is 19.8.